The number of carbonyl (C=O) groups is 1. The number of H-pyrrole nitrogens is 1. The van der Waals surface area contributed by atoms with Crippen molar-refractivity contribution in [3.05, 3.63) is 59.9 Å². The predicted molar refractivity (Wildman–Crippen MR) is 58.4 cm³/mol. The van der Waals surface area contributed by atoms with Crippen LogP contribution in [0, 0.1) is 5.82 Å². The van der Waals surface area contributed by atoms with Crippen LogP contribution in [0.2, 0.25) is 0 Å². The van der Waals surface area contributed by atoms with Crippen LogP contribution in [0.25, 0.3) is 6.08 Å². The molecule has 80 valence electrons. The Balaban J connectivity index is 2.11. The molecule has 0 aliphatic carbocycles. The van der Waals surface area contributed by atoms with Crippen molar-refractivity contribution in [1.82, 2.24) is 9.97 Å². The van der Waals surface area contributed by atoms with Gasteiger partial charge in [-0.2, -0.15) is 0 Å². The summed E-state index contributed by atoms with van der Waals surface area (Å²) in [5, 5.41) is 0. The Hall–Kier alpha value is -2.23. The molecule has 2 aromatic rings. The lowest BCUT2D eigenvalue weighted by molar-refractivity contribution is 0.104. The molecule has 1 N–H and O–H groups in total. The summed E-state index contributed by atoms with van der Waals surface area (Å²) in [5.41, 5.74) is 0.448. The maximum Gasteiger partial charge on any atom is 0.185 e. The molecule has 0 radical (unpaired) electrons. The Morgan fingerprint density at radius 2 is 2.06 bits per heavy atom. The monoisotopic (exact) mass is 216 g/mol. The summed E-state index contributed by atoms with van der Waals surface area (Å²) in [6.07, 6.45) is 6.24. The average molecular weight is 216 g/mol. The van der Waals surface area contributed by atoms with Crippen LogP contribution in [0.4, 0.5) is 4.39 Å². The Labute approximate surface area is 91.6 Å². The molecule has 3 nitrogen and oxygen atoms in total. The van der Waals surface area contributed by atoms with E-state index in [1.807, 2.05) is 0 Å². The second kappa shape index (κ2) is 4.53. The van der Waals surface area contributed by atoms with Crippen molar-refractivity contribution in [2.24, 2.45) is 0 Å². The lowest BCUT2D eigenvalue weighted by Crippen LogP contribution is -1.93. The minimum Gasteiger partial charge on any atom is -0.345 e. The summed E-state index contributed by atoms with van der Waals surface area (Å²) < 4.78 is 12.6. The number of halogens is 1. The molecule has 0 spiro atoms. The smallest absolute Gasteiger partial charge is 0.185 e. The van der Waals surface area contributed by atoms with E-state index in [9.17, 15) is 9.18 Å². The molecule has 0 atom stereocenters. The van der Waals surface area contributed by atoms with Gasteiger partial charge in [0.05, 0.1) is 0 Å². The van der Waals surface area contributed by atoms with E-state index in [4.69, 9.17) is 0 Å². The van der Waals surface area contributed by atoms with E-state index in [1.54, 1.807) is 18.5 Å². The molecule has 0 saturated carbocycles. The minimum absolute atomic E-state index is 0.184. The van der Waals surface area contributed by atoms with Gasteiger partial charge in [0.15, 0.2) is 5.78 Å². The second-order valence-electron chi connectivity index (χ2n) is 3.18. The van der Waals surface area contributed by atoms with Gasteiger partial charge in [-0.25, -0.2) is 9.37 Å². The number of rotatable bonds is 3. The first-order valence-corrected chi connectivity index (χ1v) is 4.73. The molecule has 0 unspecified atom stereocenters. The first-order valence-electron chi connectivity index (χ1n) is 4.73. The summed E-state index contributed by atoms with van der Waals surface area (Å²) in [5.74, 6) is 0.0680. The number of allylic oxidation sites excluding steroid dienone is 1. The van der Waals surface area contributed by atoms with E-state index < -0.39 is 0 Å². The van der Waals surface area contributed by atoms with Gasteiger partial charge in [0, 0.05) is 18.0 Å². The molecule has 0 aliphatic rings. The van der Waals surface area contributed by atoms with Crippen LogP contribution >= 0.6 is 0 Å². The van der Waals surface area contributed by atoms with Crippen LogP contribution in [-0.4, -0.2) is 15.8 Å². The number of nitrogens with one attached hydrogen (secondary N) is 1. The highest BCUT2D eigenvalue weighted by Gasteiger charge is 2.01. The number of benzene rings is 1. The Bertz CT molecular complexity index is 500. The Kier molecular flexibility index (Phi) is 2.91. The van der Waals surface area contributed by atoms with Crippen LogP contribution in [0.1, 0.15) is 16.2 Å². The standard InChI is InChI=1S/C12H9FN2O/c13-10-3-1-9(2-4-10)11(16)5-6-12-14-7-8-15-12/h1-8H,(H,14,15)/b6-5+. The molecule has 1 aromatic carbocycles. The second-order valence-corrected chi connectivity index (χ2v) is 3.18. The van der Waals surface area contributed by atoms with E-state index in [0.29, 0.717) is 11.4 Å². The number of carbonyl (C=O) groups excluding carboxylic acids is 1. The Morgan fingerprint density at radius 3 is 2.69 bits per heavy atom. The van der Waals surface area contributed by atoms with Crippen molar-refractivity contribution in [3.63, 3.8) is 0 Å². The molecule has 0 amide bonds. The largest absolute Gasteiger partial charge is 0.345 e. The van der Waals surface area contributed by atoms with Crippen LogP contribution in [0.3, 0.4) is 0 Å². The minimum atomic E-state index is -0.355. The van der Waals surface area contributed by atoms with Gasteiger partial charge in [0.1, 0.15) is 11.6 Å². The highest BCUT2D eigenvalue weighted by atomic mass is 19.1. The summed E-state index contributed by atoms with van der Waals surface area (Å²) >= 11 is 0. The third-order valence-electron chi connectivity index (χ3n) is 2.04. The van der Waals surface area contributed by atoms with Gasteiger partial charge in [0.2, 0.25) is 0 Å². The molecule has 0 fully saturated rings. The summed E-state index contributed by atoms with van der Waals surface area (Å²) in [6, 6.07) is 5.41. The molecule has 16 heavy (non-hydrogen) atoms. The zero-order chi connectivity index (χ0) is 11.4. The molecule has 0 aliphatic heterocycles. The quantitative estimate of drug-likeness (QED) is 0.632. The maximum atomic E-state index is 12.6. The van der Waals surface area contributed by atoms with E-state index in [1.165, 1.54) is 30.3 Å². The molecule has 1 heterocycles. The van der Waals surface area contributed by atoms with Crippen molar-refractivity contribution in [3.8, 4) is 0 Å². The van der Waals surface area contributed by atoms with E-state index >= 15 is 0 Å². The van der Waals surface area contributed by atoms with Crippen molar-refractivity contribution in [2.45, 2.75) is 0 Å². The van der Waals surface area contributed by atoms with Gasteiger partial charge >= 0.3 is 0 Å². The fourth-order valence-electron chi connectivity index (χ4n) is 1.23. The first kappa shape index (κ1) is 10.3. The third-order valence-corrected chi connectivity index (χ3v) is 2.04. The van der Waals surface area contributed by atoms with Gasteiger partial charge < -0.3 is 4.98 Å². The fraction of sp³-hybridized carbons (Fsp3) is 0. The SMILES string of the molecule is O=C(/C=C/c1ncc[nH]1)c1ccc(F)cc1. The summed E-state index contributed by atoms with van der Waals surface area (Å²) in [6.45, 7) is 0. The highest BCUT2D eigenvalue weighted by Crippen LogP contribution is 2.05. The number of hydrogen-bond donors (Lipinski definition) is 1. The van der Waals surface area contributed by atoms with Crippen LogP contribution in [0.5, 0.6) is 0 Å². The topological polar surface area (TPSA) is 45.8 Å². The van der Waals surface area contributed by atoms with Crippen molar-refractivity contribution in [2.75, 3.05) is 0 Å². The molecule has 2 rings (SSSR count). The van der Waals surface area contributed by atoms with Crippen molar-refractivity contribution in [1.29, 1.82) is 0 Å². The van der Waals surface area contributed by atoms with Crippen LogP contribution < -0.4 is 0 Å². The molecular formula is C12H9FN2O. The number of aromatic nitrogens is 2. The zero-order valence-corrected chi connectivity index (χ0v) is 8.35. The molecule has 1 aromatic heterocycles. The number of nitrogens with zero attached hydrogens (tertiary/aromatic N) is 1. The number of ketones is 1. The van der Waals surface area contributed by atoms with Crippen LogP contribution in [0.15, 0.2) is 42.7 Å². The molecular weight excluding hydrogens is 207 g/mol. The summed E-state index contributed by atoms with van der Waals surface area (Å²) in [7, 11) is 0. The van der Waals surface area contributed by atoms with Crippen molar-refractivity contribution < 1.29 is 9.18 Å². The molecule has 0 saturated heterocycles. The number of aromatic amines is 1. The zero-order valence-electron chi connectivity index (χ0n) is 8.35. The van der Waals surface area contributed by atoms with E-state index in [0.717, 1.165) is 0 Å². The van der Waals surface area contributed by atoms with Gasteiger partial charge in [-0.05, 0) is 36.4 Å². The maximum absolute atomic E-state index is 12.6. The number of imidazole rings is 1. The van der Waals surface area contributed by atoms with Gasteiger partial charge in [-0.3, -0.25) is 4.79 Å². The van der Waals surface area contributed by atoms with Gasteiger partial charge in [-0.1, -0.05) is 0 Å². The predicted octanol–water partition coefficient (Wildman–Crippen LogP) is 2.44. The summed E-state index contributed by atoms with van der Waals surface area (Å²) in [4.78, 5) is 18.4. The van der Waals surface area contributed by atoms with Gasteiger partial charge in [-0.15, -0.1) is 0 Å². The van der Waals surface area contributed by atoms with E-state index in [2.05, 4.69) is 9.97 Å². The lowest BCUT2D eigenvalue weighted by Gasteiger charge is -1.94. The van der Waals surface area contributed by atoms with Crippen LogP contribution in [-0.2, 0) is 0 Å². The highest BCUT2D eigenvalue weighted by molar-refractivity contribution is 6.06. The number of hydrogen-bond acceptors (Lipinski definition) is 2. The third kappa shape index (κ3) is 2.42. The van der Waals surface area contributed by atoms with Gasteiger partial charge in [0.25, 0.3) is 0 Å². The fourth-order valence-corrected chi connectivity index (χ4v) is 1.23. The normalized spacial score (nSPS) is 10.8. The first-order chi connectivity index (χ1) is 7.75. The molecule has 4 heteroatoms. The van der Waals surface area contributed by atoms with Crippen molar-refractivity contribution >= 4 is 11.9 Å². The average Bonchev–Trinajstić information content (AvgIpc) is 2.80. The van der Waals surface area contributed by atoms with E-state index in [-0.39, 0.29) is 11.6 Å². The molecule has 0 bridgehead atoms. The Morgan fingerprint density at radius 1 is 1.31 bits per heavy atom. The lowest BCUT2D eigenvalue weighted by atomic mass is 10.1.